The van der Waals surface area contributed by atoms with Gasteiger partial charge in [0.25, 0.3) is 5.91 Å². The zero-order valence-corrected chi connectivity index (χ0v) is 13.0. The Labute approximate surface area is 127 Å². The van der Waals surface area contributed by atoms with Crippen LogP contribution in [0.4, 0.5) is 5.69 Å². The van der Waals surface area contributed by atoms with Crippen molar-refractivity contribution >= 4 is 11.6 Å². The number of hydrogen-bond donors (Lipinski definition) is 1. The Morgan fingerprint density at radius 1 is 1.10 bits per heavy atom. The van der Waals surface area contributed by atoms with Gasteiger partial charge >= 0.3 is 0 Å². The lowest BCUT2D eigenvalue weighted by atomic mass is 9.95. The van der Waals surface area contributed by atoms with E-state index in [1.54, 1.807) is 0 Å². The van der Waals surface area contributed by atoms with E-state index in [0.29, 0.717) is 5.92 Å². The fraction of sp³-hybridized carbons (Fsp3) is 0.316. The fourth-order valence-corrected chi connectivity index (χ4v) is 2.65. The highest BCUT2D eigenvalue weighted by molar-refractivity contribution is 6.05. The number of carbonyl (C=O) groups is 1. The van der Waals surface area contributed by atoms with Gasteiger partial charge in [0.05, 0.1) is 0 Å². The average Bonchev–Trinajstić information content (AvgIpc) is 2.48. The number of para-hydroxylation sites is 1. The largest absolute Gasteiger partial charge is 0.322 e. The zero-order valence-electron chi connectivity index (χ0n) is 13.0. The minimum absolute atomic E-state index is 0.0377. The smallest absolute Gasteiger partial charge is 0.255 e. The van der Waals surface area contributed by atoms with Crippen molar-refractivity contribution in [2.75, 3.05) is 5.32 Å². The quantitative estimate of drug-likeness (QED) is 0.806. The average molecular weight is 281 g/mol. The van der Waals surface area contributed by atoms with Crippen LogP contribution in [0, 0.1) is 6.92 Å². The van der Waals surface area contributed by atoms with E-state index in [0.717, 1.165) is 29.7 Å². The Kier molecular flexibility index (Phi) is 5.15. The Morgan fingerprint density at radius 3 is 2.48 bits per heavy atom. The molecule has 2 nitrogen and oxygen atoms in total. The molecule has 1 unspecified atom stereocenters. The molecule has 0 fully saturated rings. The maximum Gasteiger partial charge on any atom is 0.255 e. The maximum absolute atomic E-state index is 12.5. The van der Waals surface area contributed by atoms with Gasteiger partial charge in [0.15, 0.2) is 0 Å². The van der Waals surface area contributed by atoms with Gasteiger partial charge in [-0.05, 0) is 42.5 Å². The van der Waals surface area contributed by atoms with E-state index >= 15 is 0 Å². The highest BCUT2D eigenvalue weighted by Crippen LogP contribution is 2.28. The molecule has 0 aliphatic carbocycles. The predicted molar refractivity (Wildman–Crippen MR) is 88.9 cm³/mol. The van der Waals surface area contributed by atoms with Crippen LogP contribution in [0.3, 0.4) is 0 Å². The molecule has 110 valence electrons. The van der Waals surface area contributed by atoms with E-state index in [4.69, 9.17) is 0 Å². The summed E-state index contributed by atoms with van der Waals surface area (Å²) in [5.74, 6) is 0.410. The van der Waals surface area contributed by atoms with Gasteiger partial charge in [0.2, 0.25) is 0 Å². The molecule has 0 heterocycles. The summed E-state index contributed by atoms with van der Waals surface area (Å²) in [5, 5.41) is 3.07. The van der Waals surface area contributed by atoms with Gasteiger partial charge in [0, 0.05) is 11.3 Å². The first-order valence-corrected chi connectivity index (χ1v) is 7.59. The summed E-state index contributed by atoms with van der Waals surface area (Å²) in [6, 6.07) is 15.8. The summed E-state index contributed by atoms with van der Waals surface area (Å²) >= 11 is 0. The van der Waals surface area contributed by atoms with Crippen molar-refractivity contribution in [3.63, 3.8) is 0 Å². The molecular weight excluding hydrogens is 258 g/mol. The maximum atomic E-state index is 12.5. The minimum Gasteiger partial charge on any atom is -0.322 e. The number of rotatable bonds is 5. The van der Waals surface area contributed by atoms with Gasteiger partial charge in [0.1, 0.15) is 0 Å². The van der Waals surface area contributed by atoms with E-state index in [9.17, 15) is 4.79 Å². The molecule has 2 aromatic rings. The SMILES string of the molecule is CCCC(C)c1ccccc1NC(=O)c1ccccc1C. The van der Waals surface area contributed by atoms with Crippen molar-refractivity contribution < 1.29 is 4.79 Å². The first kappa shape index (κ1) is 15.3. The number of anilines is 1. The van der Waals surface area contributed by atoms with Crippen LogP contribution in [-0.4, -0.2) is 5.91 Å². The molecule has 0 spiro atoms. The van der Waals surface area contributed by atoms with E-state index in [1.165, 1.54) is 5.56 Å². The van der Waals surface area contributed by atoms with Crippen molar-refractivity contribution in [3.8, 4) is 0 Å². The lowest BCUT2D eigenvalue weighted by Crippen LogP contribution is -2.15. The van der Waals surface area contributed by atoms with Crippen LogP contribution in [0.15, 0.2) is 48.5 Å². The van der Waals surface area contributed by atoms with Crippen LogP contribution in [0.25, 0.3) is 0 Å². The second kappa shape index (κ2) is 7.07. The van der Waals surface area contributed by atoms with Crippen molar-refractivity contribution in [2.24, 2.45) is 0 Å². The molecule has 21 heavy (non-hydrogen) atoms. The number of benzene rings is 2. The Bertz CT molecular complexity index is 618. The van der Waals surface area contributed by atoms with E-state index < -0.39 is 0 Å². The van der Waals surface area contributed by atoms with E-state index in [1.807, 2.05) is 49.4 Å². The molecule has 1 atom stereocenters. The molecule has 0 bridgehead atoms. The molecule has 1 amide bonds. The van der Waals surface area contributed by atoms with Crippen LogP contribution >= 0.6 is 0 Å². The second-order valence-electron chi connectivity index (χ2n) is 5.55. The highest BCUT2D eigenvalue weighted by Gasteiger charge is 2.13. The van der Waals surface area contributed by atoms with E-state index in [2.05, 4.69) is 25.2 Å². The summed E-state index contributed by atoms with van der Waals surface area (Å²) in [6.07, 6.45) is 2.26. The summed E-state index contributed by atoms with van der Waals surface area (Å²) < 4.78 is 0. The normalized spacial score (nSPS) is 12.0. The van der Waals surface area contributed by atoms with Gasteiger partial charge in [-0.15, -0.1) is 0 Å². The van der Waals surface area contributed by atoms with Crippen molar-refractivity contribution in [2.45, 2.75) is 39.5 Å². The number of hydrogen-bond acceptors (Lipinski definition) is 1. The monoisotopic (exact) mass is 281 g/mol. The minimum atomic E-state index is -0.0377. The summed E-state index contributed by atoms with van der Waals surface area (Å²) in [6.45, 7) is 6.35. The predicted octanol–water partition coefficient (Wildman–Crippen LogP) is 5.15. The molecule has 0 saturated carbocycles. The third-order valence-corrected chi connectivity index (χ3v) is 3.85. The number of amides is 1. The highest BCUT2D eigenvalue weighted by atomic mass is 16.1. The summed E-state index contributed by atoms with van der Waals surface area (Å²) in [5.41, 5.74) is 3.86. The lowest BCUT2D eigenvalue weighted by molar-refractivity contribution is 0.102. The second-order valence-corrected chi connectivity index (χ2v) is 5.55. The first-order chi connectivity index (χ1) is 10.1. The third kappa shape index (κ3) is 3.72. The van der Waals surface area contributed by atoms with Gasteiger partial charge < -0.3 is 5.32 Å². The number of nitrogens with one attached hydrogen (secondary N) is 1. The Hall–Kier alpha value is -2.09. The van der Waals surface area contributed by atoms with Crippen LogP contribution < -0.4 is 5.32 Å². The molecule has 0 aliphatic heterocycles. The molecule has 2 rings (SSSR count). The van der Waals surface area contributed by atoms with Gasteiger partial charge in [-0.1, -0.05) is 56.7 Å². The first-order valence-electron chi connectivity index (χ1n) is 7.59. The zero-order chi connectivity index (χ0) is 15.2. The number of carbonyl (C=O) groups excluding carboxylic acids is 1. The summed E-state index contributed by atoms with van der Waals surface area (Å²) in [4.78, 5) is 12.5. The standard InChI is InChI=1S/C19H23NO/c1-4-9-14(2)16-11-7-8-13-18(16)20-19(21)17-12-6-5-10-15(17)3/h5-8,10-14H,4,9H2,1-3H3,(H,20,21). The molecule has 0 saturated heterocycles. The van der Waals surface area contributed by atoms with Crippen LogP contribution in [0.2, 0.25) is 0 Å². The summed E-state index contributed by atoms with van der Waals surface area (Å²) in [7, 11) is 0. The van der Waals surface area contributed by atoms with Crippen molar-refractivity contribution in [1.29, 1.82) is 0 Å². The van der Waals surface area contributed by atoms with Crippen LogP contribution in [-0.2, 0) is 0 Å². The van der Waals surface area contributed by atoms with Crippen LogP contribution in [0.1, 0.15) is 54.1 Å². The third-order valence-electron chi connectivity index (χ3n) is 3.85. The fourth-order valence-electron chi connectivity index (χ4n) is 2.65. The van der Waals surface area contributed by atoms with E-state index in [-0.39, 0.29) is 5.91 Å². The molecule has 1 N–H and O–H groups in total. The molecule has 0 aliphatic rings. The molecule has 0 radical (unpaired) electrons. The molecule has 2 heteroatoms. The van der Waals surface area contributed by atoms with Gasteiger partial charge in [-0.25, -0.2) is 0 Å². The topological polar surface area (TPSA) is 29.1 Å². The number of aryl methyl sites for hydroxylation is 1. The Balaban J connectivity index is 2.24. The Morgan fingerprint density at radius 2 is 1.76 bits per heavy atom. The van der Waals surface area contributed by atoms with Gasteiger partial charge in [-0.3, -0.25) is 4.79 Å². The van der Waals surface area contributed by atoms with Crippen LogP contribution in [0.5, 0.6) is 0 Å². The lowest BCUT2D eigenvalue weighted by Gasteiger charge is -2.17. The molecule has 0 aromatic heterocycles. The van der Waals surface area contributed by atoms with Crippen molar-refractivity contribution in [1.82, 2.24) is 0 Å². The van der Waals surface area contributed by atoms with Crippen molar-refractivity contribution in [3.05, 3.63) is 65.2 Å². The molecular formula is C19H23NO. The van der Waals surface area contributed by atoms with Gasteiger partial charge in [-0.2, -0.15) is 0 Å². The molecule has 2 aromatic carbocycles.